The zero-order valence-corrected chi connectivity index (χ0v) is 14.1. The average Bonchev–Trinajstić information content (AvgIpc) is 3.04. The number of hydrogen-bond acceptors (Lipinski definition) is 4. The van der Waals surface area contributed by atoms with Crippen LogP contribution in [-0.2, 0) is 22.5 Å². The van der Waals surface area contributed by atoms with Gasteiger partial charge in [0.1, 0.15) is 5.75 Å². The number of aryl methyl sites for hydroxylation is 1. The maximum atomic E-state index is 12.7. The van der Waals surface area contributed by atoms with Crippen LogP contribution in [0.15, 0.2) is 36.5 Å². The van der Waals surface area contributed by atoms with E-state index in [1.54, 1.807) is 7.11 Å². The van der Waals surface area contributed by atoms with Crippen LogP contribution in [0, 0.1) is 0 Å². The second kappa shape index (κ2) is 7.49. The van der Waals surface area contributed by atoms with Crippen molar-refractivity contribution < 1.29 is 14.3 Å². The van der Waals surface area contributed by atoms with Crippen LogP contribution < -0.4 is 4.74 Å². The van der Waals surface area contributed by atoms with Crippen molar-refractivity contribution in [2.75, 3.05) is 26.9 Å². The van der Waals surface area contributed by atoms with Gasteiger partial charge < -0.3 is 14.4 Å². The van der Waals surface area contributed by atoms with Gasteiger partial charge in [-0.15, -0.1) is 0 Å². The zero-order valence-electron chi connectivity index (χ0n) is 14.1. The summed E-state index contributed by atoms with van der Waals surface area (Å²) in [6.07, 6.45) is 2.72. The van der Waals surface area contributed by atoms with Crippen molar-refractivity contribution in [3.63, 3.8) is 0 Å². The molecule has 1 aliphatic heterocycles. The Balaban J connectivity index is 1.75. The van der Waals surface area contributed by atoms with E-state index < -0.39 is 0 Å². The van der Waals surface area contributed by atoms with Gasteiger partial charge in [-0.25, -0.2) is 0 Å². The van der Waals surface area contributed by atoms with Crippen LogP contribution in [0.1, 0.15) is 24.2 Å². The maximum absolute atomic E-state index is 12.7. The summed E-state index contributed by atoms with van der Waals surface area (Å²) in [6.45, 7) is 3.97. The van der Waals surface area contributed by atoms with Crippen molar-refractivity contribution in [2.45, 2.75) is 25.9 Å². The second-order valence-corrected chi connectivity index (χ2v) is 5.78. The second-order valence-electron chi connectivity index (χ2n) is 5.78. The Morgan fingerprint density at radius 3 is 2.83 bits per heavy atom. The predicted molar refractivity (Wildman–Crippen MR) is 89.9 cm³/mol. The van der Waals surface area contributed by atoms with E-state index in [0.29, 0.717) is 18.9 Å². The first-order valence-corrected chi connectivity index (χ1v) is 8.25. The van der Waals surface area contributed by atoms with Crippen molar-refractivity contribution in [2.24, 2.45) is 0 Å². The van der Waals surface area contributed by atoms with Crippen LogP contribution in [0.5, 0.6) is 5.75 Å². The molecule has 3 rings (SSSR count). The van der Waals surface area contributed by atoms with Gasteiger partial charge in [-0.05, 0) is 31.0 Å². The lowest BCUT2D eigenvalue weighted by Crippen LogP contribution is -2.44. The van der Waals surface area contributed by atoms with Gasteiger partial charge in [0, 0.05) is 20.2 Å². The number of benzene rings is 1. The molecule has 0 N–H and O–H groups in total. The summed E-state index contributed by atoms with van der Waals surface area (Å²) in [5.41, 5.74) is 2.28. The quantitative estimate of drug-likeness (QED) is 0.814. The van der Waals surface area contributed by atoms with Crippen molar-refractivity contribution in [3.05, 3.63) is 47.8 Å². The van der Waals surface area contributed by atoms with Crippen LogP contribution in [-0.4, -0.2) is 47.5 Å². The van der Waals surface area contributed by atoms with E-state index in [2.05, 4.69) is 12.0 Å². The number of carbonyl (C=O) groups is 1. The van der Waals surface area contributed by atoms with E-state index in [-0.39, 0.29) is 18.6 Å². The van der Waals surface area contributed by atoms with E-state index >= 15 is 0 Å². The summed E-state index contributed by atoms with van der Waals surface area (Å²) in [7, 11) is 1.66. The molecule has 2 heterocycles. The van der Waals surface area contributed by atoms with E-state index in [1.165, 1.54) is 5.56 Å². The van der Waals surface area contributed by atoms with Gasteiger partial charge in [0.15, 0.2) is 6.61 Å². The number of hydrogen-bond donors (Lipinski definition) is 0. The molecule has 1 unspecified atom stereocenters. The highest BCUT2D eigenvalue weighted by molar-refractivity contribution is 5.78. The van der Waals surface area contributed by atoms with Crippen LogP contribution in [0.2, 0.25) is 0 Å². The minimum absolute atomic E-state index is 0.0276. The topological polar surface area (TPSA) is 56.6 Å². The van der Waals surface area contributed by atoms with Crippen molar-refractivity contribution in [3.8, 4) is 5.75 Å². The van der Waals surface area contributed by atoms with E-state index in [4.69, 9.17) is 9.47 Å². The molecule has 0 fully saturated rings. The van der Waals surface area contributed by atoms with Gasteiger partial charge in [-0.2, -0.15) is 5.10 Å². The minimum Gasteiger partial charge on any atom is -0.484 e. The molecule has 0 bridgehead atoms. The molecule has 1 aromatic carbocycles. The third-order valence-corrected chi connectivity index (χ3v) is 4.32. The lowest BCUT2D eigenvalue weighted by molar-refractivity contribution is -0.137. The number of fused-ring (bicyclic) bond motifs is 1. The Hall–Kier alpha value is -2.34. The number of methoxy groups -OCH3 is 1. The Morgan fingerprint density at radius 2 is 2.12 bits per heavy atom. The molecule has 6 heteroatoms. The number of para-hydroxylation sites is 1. The third-order valence-electron chi connectivity index (χ3n) is 4.32. The molecule has 1 amide bonds. The Morgan fingerprint density at radius 1 is 1.33 bits per heavy atom. The Bertz CT molecular complexity index is 671. The summed E-state index contributed by atoms with van der Waals surface area (Å²) in [5.74, 6) is 0.667. The summed E-state index contributed by atoms with van der Waals surface area (Å²) < 4.78 is 12.9. The largest absolute Gasteiger partial charge is 0.484 e. The van der Waals surface area contributed by atoms with Gasteiger partial charge in [0.25, 0.3) is 5.91 Å². The van der Waals surface area contributed by atoms with Crippen LogP contribution in [0.4, 0.5) is 0 Å². The van der Waals surface area contributed by atoms with Crippen molar-refractivity contribution >= 4 is 5.91 Å². The zero-order chi connectivity index (χ0) is 16.9. The highest BCUT2D eigenvalue weighted by Gasteiger charge is 2.33. The highest BCUT2D eigenvalue weighted by atomic mass is 16.5. The molecule has 0 saturated carbocycles. The summed E-state index contributed by atoms with van der Waals surface area (Å²) in [6, 6.07) is 9.27. The molecule has 6 nitrogen and oxygen atoms in total. The van der Waals surface area contributed by atoms with Crippen molar-refractivity contribution in [1.82, 2.24) is 14.7 Å². The minimum atomic E-state index is -0.118. The van der Waals surface area contributed by atoms with Crippen molar-refractivity contribution in [1.29, 1.82) is 0 Å². The SMILES string of the molecule is CCn1ncc2c1C(COC)N(C(=O)COc1ccccc1)CC2. The monoisotopic (exact) mass is 329 g/mol. The smallest absolute Gasteiger partial charge is 0.261 e. The first-order chi connectivity index (χ1) is 11.7. The number of nitrogens with zero attached hydrogens (tertiary/aromatic N) is 3. The molecule has 0 saturated heterocycles. The molecule has 2 aromatic rings. The first-order valence-electron chi connectivity index (χ1n) is 8.25. The molecule has 0 spiro atoms. The van der Waals surface area contributed by atoms with Gasteiger partial charge in [0.2, 0.25) is 0 Å². The molecule has 0 aliphatic carbocycles. The molecular weight excluding hydrogens is 306 g/mol. The van der Waals surface area contributed by atoms with Crippen LogP contribution >= 0.6 is 0 Å². The maximum Gasteiger partial charge on any atom is 0.261 e. The van der Waals surface area contributed by atoms with E-state index in [0.717, 1.165) is 18.7 Å². The molecule has 1 aromatic heterocycles. The fourth-order valence-electron chi connectivity index (χ4n) is 3.18. The first kappa shape index (κ1) is 16.5. The van der Waals surface area contributed by atoms with Crippen LogP contribution in [0.25, 0.3) is 0 Å². The summed E-state index contributed by atoms with van der Waals surface area (Å²) in [4.78, 5) is 14.6. The number of rotatable bonds is 6. The molecule has 24 heavy (non-hydrogen) atoms. The van der Waals surface area contributed by atoms with Gasteiger partial charge in [-0.1, -0.05) is 18.2 Å². The van der Waals surface area contributed by atoms with E-state index in [9.17, 15) is 4.79 Å². The molecular formula is C18H23N3O3. The lowest BCUT2D eigenvalue weighted by atomic mass is 10.00. The van der Waals surface area contributed by atoms with E-state index in [1.807, 2.05) is 46.1 Å². The Kier molecular flexibility index (Phi) is 5.15. The molecule has 0 radical (unpaired) electrons. The number of carbonyl (C=O) groups excluding carboxylic acids is 1. The van der Waals surface area contributed by atoms with Gasteiger partial charge >= 0.3 is 0 Å². The number of amides is 1. The standard InChI is InChI=1S/C18H23N3O3/c1-3-21-18-14(11-19-21)9-10-20(16(18)12-23-2)17(22)13-24-15-7-5-4-6-8-15/h4-8,11,16H,3,9-10,12-13H2,1-2H3. The van der Waals surface area contributed by atoms with Crippen LogP contribution in [0.3, 0.4) is 0 Å². The molecule has 1 atom stereocenters. The highest BCUT2D eigenvalue weighted by Crippen LogP contribution is 2.30. The summed E-state index contributed by atoms with van der Waals surface area (Å²) in [5, 5.41) is 4.43. The normalized spacial score (nSPS) is 16.8. The molecule has 128 valence electrons. The average molecular weight is 329 g/mol. The number of aromatic nitrogens is 2. The predicted octanol–water partition coefficient (Wildman–Crippen LogP) is 2.05. The fraction of sp³-hybridized carbons (Fsp3) is 0.444. The third kappa shape index (κ3) is 3.28. The van der Waals surface area contributed by atoms with Gasteiger partial charge in [-0.3, -0.25) is 9.48 Å². The Labute approximate surface area is 142 Å². The molecule has 1 aliphatic rings. The lowest BCUT2D eigenvalue weighted by Gasteiger charge is -2.36. The number of ether oxygens (including phenoxy) is 2. The van der Waals surface area contributed by atoms with Gasteiger partial charge in [0.05, 0.1) is 24.5 Å². The summed E-state index contributed by atoms with van der Waals surface area (Å²) >= 11 is 0. The fourth-order valence-corrected chi connectivity index (χ4v) is 3.18.